The number of rotatable bonds is 6. The first-order valence-corrected chi connectivity index (χ1v) is 9.44. The summed E-state index contributed by atoms with van der Waals surface area (Å²) < 4.78 is 47.3. The summed E-state index contributed by atoms with van der Waals surface area (Å²) in [6, 6.07) is 0. The molecule has 0 radical (unpaired) electrons. The standard InChI is InChI=1S/C9H13FN2O12P2.3Na/c10-3-1-12(9(16)11-7(3)15)8-6(14)5(13)4(23-8)2-22-26(20,21)24-25(17,18)19;;;/h1,4-6,8,13-14H,2H2,(H,20,21)(H,11,15,16)(H2,17,18,19);;;/q;3*+1/p-3. The van der Waals surface area contributed by atoms with Crippen molar-refractivity contribution in [3.05, 3.63) is 32.9 Å². The summed E-state index contributed by atoms with van der Waals surface area (Å²) in [5, 5.41) is 19.6. The molecule has 148 valence electrons. The zero-order chi connectivity index (χ0) is 19.9. The van der Waals surface area contributed by atoms with Gasteiger partial charge in [-0.25, -0.2) is 4.79 Å². The number of phosphoric acid groups is 2. The molecule has 29 heavy (non-hydrogen) atoms. The minimum Gasteiger partial charge on any atom is -0.790 e. The summed E-state index contributed by atoms with van der Waals surface area (Å²) in [5.74, 6) is -1.41. The first-order valence-electron chi connectivity index (χ1n) is 6.52. The van der Waals surface area contributed by atoms with E-state index >= 15 is 0 Å². The van der Waals surface area contributed by atoms with Crippen LogP contribution in [0.4, 0.5) is 4.39 Å². The summed E-state index contributed by atoms with van der Waals surface area (Å²) in [4.78, 5) is 55.9. The van der Waals surface area contributed by atoms with E-state index < -0.39 is 63.9 Å². The minimum atomic E-state index is -5.93. The molecule has 0 aromatic carbocycles. The van der Waals surface area contributed by atoms with Crippen molar-refractivity contribution < 1.29 is 141 Å². The Kier molecular flexibility index (Phi) is 14.6. The van der Waals surface area contributed by atoms with E-state index in [4.69, 9.17) is 4.74 Å². The smallest absolute Gasteiger partial charge is 0.790 e. The predicted octanol–water partition coefficient (Wildman–Crippen LogP) is -13.4. The summed E-state index contributed by atoms with van der Waals surface area (Å²) in [5.41, 5.74) is -2.55. The molecule has 2 heterocycles. The SMILES string of the molecule is O=c1[nH]c(=O)n(C2OC(COP(=O)([O-])OP(=O)([O-])[O-])C(O)C2O)cc1F.[Na+].[Na+].[Na+]. The van der Waals surface area contributed by atoms with Gasteiger partial charge in [0.1, 0.15) is 18.3 Å². The van der Waals surface area contributed by atoms with Gasteiger partial charge in [0.25, 0.3) is 13.4 Å². The fraction of sp³-hybridized carbons (Fsp3) is 0.556. The second kappa shape index (κ2) is 12.8. The third-order valence-electron chi connectivity index (χ3n) is 3.13. The van der Waals surface area contributed by atoms with Crippen LogP contribution in [0.15, 0.2) is 15.8 Å². The van der Waals surface area contributed by atoms with E-state index in [0.29, 0.717) is 10.8 Å². The average molecular weight is 488 g/mol. The molecule has 5 atom stereocenters. The van der Waals surface area contributed by atoms with E-state index in [-0.39, 0.29) is 88.7 Å². The number of hydrogen-bond acceptors (Lipinski definition) is 12. The van der Waals surface area contributed by atoms with Crippen molar-refractivity contribution in [2.24, 2.45) is 0 Å². The summed E-state index contributed by atoms with van der Waals surface area (Å²) in [7, 11) is -11.5. The zero-order valence-electron chi connectivity index (χ0n) is 15.3. The predicted molar refractivity (Wildman–Crippen MR) is 69.5 cm³/mol. The Hall–Kier alpha value is 1.75. The molecule has 0 aliphatic carbocycles. The van der Waals surface area contributed by atoms with E-state index in [1.54, 1.807) is 4.98 Å². The Morgan fingerprint density at radius 1 is 1.17 bits per heavy atom. The number of aromatic amines is 1. The van der Waals surface area contributed by atoms with Gasteiger partial charge in [-0.2, -0.15) is 4.39 Å². The molecule has 1 aliphatic heterocycles. The maximum absolute atomic E-state index is 13.3. The zero-order valence-corrected chi connectivity index (χ0v) is 23.1. The van der Waals surface area contributed by atoms with E-state index in [9.17, 15) is 48.0 Å². The van der Waals surface area contributed by atoms with Crippen molar-refractivity contribution in [2.75, 3.05) is 6.61 Å². The van der Waals surface area contributed by atoms with Crippen molar-refractivity contribution in [1.29, 1.82) is 0 Å². The summed E-state index contributed by atoms with van der Waals surface area (Å²) >= 11 is 0. The largest absolute Gasteiger partial charge is 1.00 e. The number of hydrogen-bond donors (Lipinski definition) is 3. The molecule has 1 aliphatic rings. The molecule has 1 aromatic rings. The van der Waals surface area contributed by atoms with Crippen molar-refractivity contribution in [3.63, 3.8) is 0 Å². The number of halogens is 1. The van der Waals surface area contributed by atoms with Crippen molar-refractivity contribution in [1.82, 2.24) is 9.55 Å². The average Bonchev–Trinajstić information content (AvgIpc) is 2.75. The van der Waals surface area contributed by atoms with Crippen LogP contribution in [0.1, 0.15) is 6.23 Å². The van der Waals surface area contributed by atoms with Crippen LogP contribution in [0.2, 0.25) is 0 Å². The van der Waals surface area contributed by atoms with Crippen LogP contribution in [-0.2, 0) is 22.7 Å². The van der Waals surface area contributed by atoms with Crippen LogP contribution in [-0.4, -0.2) is 44.7 Å². The Labute approximate surface area is 227 Å². The minimum absolute atomic E-state index is 0. The normalized spacial score (nSPS) is 25.9. The van der Waals surface area contributed by atoms with Crippen LogP contribution < -0.4 is 115 Å². The summed E-state index contributed by atoms with van der Waals surface area (Å²) in [6.07, 6.45) is -6.76. The van der Waals surface area contributed by atoms with Crippen molar-refractivity contribution >= 4 is 15.6 Å². The Bertz CT molecular complexity index is 892. The molecule has 0 amide bonds. The molecular weight excluding hydrogens is 478 g/mol. The molecular formula is C9H10FN2Na3O12P2. The monoisotopic (exact) mass is 488 g/mol. The van der Waals surface area contributed by atoms with Gasteiger partial charge in [-0.15, -0.1) is 0 Å². The fourth-order valence-electron chi connectivity index (χ4n) is 2.06. The van der Waals surface area contributed by atoms with Gasteiger partial charge in [-0.05, 0) is 0 Å². The van der Waals surface area contributed by atoms with Gasteiger partial charge in [0, 0.05) is 0 Å². The number of ether oxygens (including phenoxy) is 1. The van der Waals surface area contributed by atoms with E-state index in [1.165, 1.54) is 0 Å². The van der Waals surface area contributed by atoms with Crippen molar-refractivity contribution in [3.8, 4) is 0 Å². The molecule has 0 saturated carbocycles. The molecule has 1 aromatic heterocycles. The van der Waals surface area contributed by atoms with E-state index in [2.05, 4.69) is 8.83 Å². The van der Waals surface area contributed by atoms with Gasteiger partial charge < -0.3 is 38.7 Å². The van der Waals surface area contributed by atoms with Crippen molar-refractivity contribution in [2.45, 2.75) is 24.5 Å². The van der Waals surface area contributed by atoms with Gasteiger partial charge in [0.15, 0.2) is 6.23 Å². The maximum Gasteiger partial charge on any atom is 1.00 e. The molecule has 0 spiro atoms. The first-order chi connectivity index (χ1) is 11.8. The molecule has 1 fully saturated rings. The number of aliphatic hydroxyl groups is 2. The van der Waals surface area contributed by atoms with Gasteiger partial charge >= 0.3 is 94.4 Å². The molecule has 1 saturated heterocycles. The van der Waals surface area contributed by atoms with Gasteiger partial charge in [-0.3, -0.25) is 23.2 Å². The second-order valence-corrected chi connectivity index (χ2v) is 7.66. The number of aliphatic hydroxyl groups excluding tert-OH is 2. The molecule has 3 N–H and O–H groups in total. The Morgan fingerprint density at radius 3 is 2.24 bits per heavy atom. The Balaban J connectivity index is 0. The fourth-order valence-corrected chi connectivity index (χ4v) is 3.56. The summed E-state index contributed by atoms with van der Waals surface area (Å²) in [6.45, 7) is -1.11. The molecule has 20 heteroatoms. The molecule has 5 unspecified atom stereocenters. The number of phosphoric ester groups is 1. The second-order valence-electron chi connectivity index (χ2n) is 4.96. The third kappa shape index (κ3) is 9.26. The van der Waals surface area contributed by atoms with Crippen LogP contribution in [0, 0.1) is 5.82 Å². The topological polar surface area (TPSA) is 226 Å². The molecule has 0 bridgehead atoms. The Morgan fingerprint density at radius 2 is 1.72 bits per heavy atom. The molecule has 14 nitrogen and oxygen atoms in total. The third-order valence-corrected chi connectivity index (χ3v) is 5.20. The maximum atomic E-state index is 13.3. The number of H-pyrrole nitrogens is 1. The first kappa shape index (κ1) is 32.9. The number of nitrogens with zero attached hydrogens (tertiary/aromatic N) is 1. The number of aromatic nitrogens is 2. The van der Waals surface area contributed by atoms with Crippen LogP contribution in [0.5, 0.6) is 0 Å². The molecule has 2 rings (SSSR count). The van der Waals surface area contributed by atoms with Gasteiger partial charge in [0.2, 0.25) is 5.82 Å². The number of nitrogens with one attached hydrogen (secondary N) is 1. The van der Waals surface area contributed by atoms with Crippen LogP contribution in [0.3, 0.4) is 0 Å². The van der Waals surface area contributed by atoms with E-state index in [0.717, 1.165) is 0 Å². The van der Waals surface area contributed by atoms with Crippen LogP contribution in [0.25, 0.3) is 0 Å². The van der Waals surface area contributed by atoms with Gasteiger partial charge in [0.05, 0.1) is 20.6 Å². The van der Waals surface area contributed by atoms with Gasteiger partial charge in [-0.1, -0.05) is 0 Å². The quantitative estimate of drug-likeness (QED) is 0.251. The van der Waals surface area contributed by atoms with Crippen LogP contribution >= 0.6 is 15.6 Å². The van der Waals surface area contributed by atoms with E-state index in [1.807, 2.05) is 0 Å².